The van der Waals surface area contributed by atoms with Crippen molar-refractivity contribution in [1.29, 1.82) is 5.26 Å². The first-order valence-corrected chi connectivity index (χ1v) is 10.3. The van der Waals surface area contributed by atoms with Crippen molar-refractivity contribution >= 4 is 17.9 Å². The van der Waals surface area contributed by atoms with Crippen LogP contribution in [0.4, 0.5) is 4.79 Å². The molecule has 3 N–H and O–H groups in total. The van der Waals surface area contributed by atoms with Gasteiger partial charge in [-0.1, -0.05) is 31.4 Å². The molecule has 1 aliphatic carbocycles. The van der Waals surface area contributed by atoms with E-state index >= 15 is 0 Å². The fraction of sp³-hybridized carbons (Fsp3) is 0.545. The van der Waals surface area contributed by atoms with E-state index in [9.17, 15) is 19.6 Å². The summed E-state index contributed by atoms with van der Waals surface area (Å²) in [5, 5.41) is 17.7. The molecule has 1 aromatic carbocycles. The van der Waals surface area contributed by atoms with Crippen molar-refractivity contribution < 1.29 is 19.1 Å². The molecule has 0 spiro atoms. The summed E-state index contributed by atoms with van der Waals surface area (Å²) in [6, 6.07) is 8.59. The number of nitrogens with one attached hydrogen (secondary N) is 3. The van der Waals surface area contributed by atoms with Gasteiger partial charge in [0.2, 0.25) is 0 Å². The third-order valence-corrected chi connectivity index (χ3v) is 5.00. The quantitative estimate of drug-likeness (QED) is 0.593. The highest BCUT2D eigenvalue weighted by molar-refractivity contribution is 5.92. The van der Waals surface area contributed by atoms with Gasteiger partial charge in [-0.3, -0.25) is 4.79 Å². The van der Waals surface area contributed by atoms with Crippen LogP contribution in [0.2, 0.25) is 0 Å². The Morgan fingerprint density at radius 2 is 1.73 bits per heavy atom. The van der Waals surface area contributed by atoms with Crippen LogP contribution in [0, 0.1) is 11.3 Å². The lowest BCUT2D eigenvalue weighted by atomic mass is 9.83. The van der Waals surface area contributed by atoms with Crippen LogP contribution in [-0.2, 0) is 16.1 Å². The van der Waals surface area contributed by atoms with Gasteiger partial charge in [0, 0.05) is 12.6 Å². The van der Waals surface area contributed by atoms with E-state index in [-0.39, 0.29) is 12.1 Å². The Labute approximate surface area is 177 Å². The molecule has 1 aliphatic rings. The predicted octanol–water partition coefficient (Wildman–Crippen LogP) is 2.78. The molecule has 0 aromatic heterocycles. The Balaban J connectivity index is 1.86. The van der Waals surface area contributed by atoms with Crippen molar-refractivity contribution in [1.82, 2.24) is 16.0 Å². The molecule has 30 heavy (non-hydrogen) atoms. The van der Waals surface area contributed by atoms with Gasteiger partial charge in [-0.05, 0) is 51.3 Å². The number of benzene rings is 1. The van der Waals surface area contributed by atoms with Crippen LogP contribution in [0.25, 0.3) is 0 Å². The molecule has 8 nitrogen and oxygen atoms in total. The van der Waals surface area contributed by atoms with E-state index in [1.54, 1.807) is 24.3 Å². The smallest absolute Gasteiger partial charge is 0.338 e. The molecule has 2 rings (SSSR count). The molecule has 0 heterocycles. The number of nitriles is 1. The van der Waals surface area contributed by atoms with Gasteiger partial charge >= 0.3 is 12.0 Å². The molecule has 0 saturated heterocycles. The highest BCUT2D eigenvalue weighted by atomic mass is 16.5. The standard InChI is InChI=1S/C22H30N4O4/c1-15(2)25-21(29)24-13-17-7-9-18(10-8-17)20(28)30-16(3)19(27)26-22(14-23)11-5-4-6-12-22/h7-10,15-16H,4-6,11-13H2,1-3H3,(H,26,27)(H2,24,25,29)/t16-/m0/s1. The number of amides is 3. The third kappa shape index (κ3) is 6.76. The third-order valence-electron chi connectivity index (χ3n) is 5.00. The molecular weight excluding hydrogens is 384 g/mol. The van der Waals surface area contributed by atoms with E-state index in [1.807, 2.05) is 13.8 Å². The Kier molecular flexibility index (Phi) is 8.22. The van der Waals surface area contributed by atoms with Gasteiger partial charge in [-0.15, -0.1) is 0 Å². The summed E-state index contributed by atoms with van der Waals surface area (Å²) in [6.45, 7) is 5.56. The topological polar surface area (TPSA) is 120 Å². The van der Waals surface area contributed by atoms with Gasteiger partial charge in [0.1, 0.15) is 5.54 Å². The van der Waals surface area contributed by atoms with Gasteiger partial charge < -0.3 is 20.7 Å². The number of ether oxygens (including phenoxy) is 1. The van der Waals surface area contributed by atoms with Crippen LogP contribution in [0.1, 0.15) is 68.8 Å². The van der Waals surface area contributed by atoms with Crippen molar-refractivity contribution in [2.24, 2.45) is 0 Å². The zero-order chi connectivity index (χ0) is 22.1. The summed E-state index contributed by atoms with van der Waals surface area (Å²) in [5.41, 5.74) is 0.258. The molecule has 1 fully saturated rings. The Morgan fingerprint density at radius 3 is 2.30 bits per heavy atom. The number of carbonyl (C=O) groups is 3. The molecular formula is C22H30N4O4. The van der Waals surface area contributed by atoms with Gasteiger partial charge in [-0.2, -0.15) is 5.26 Å². The fourth-order valence-corrected chi connectivity index (χ4v) is 3.29. The molecule has 8 heteroatoms. The summed E-state index contributed by atoms with van der Waals surface area (Å²) >= 11 is 0. The van der Waals surface area contributed by atoms with Crippen LogP contribution in [0.3, 0.4) is 0 Å². The maximum absolute atomic E-state index is 12.4. The molecule has 0 radical (unpaired) electrons. The fourth-order valence-electron chi connectivity index (χ4n) is 3.29. The number of hydrogen-bond donors (Lipinski definition) is 3. The second kappa shape index (κ2) is 10.6. The lowest BCUT2D eigenvalue weighted by Gasteiger charge is -2.32. The number of nitrogens with zero attached hydrogens (tertiary/aromatic N) is 1. The minimum absolute atomic E-state index is 0.0440. The van der Waals surface area contributed by atoms with E-state index in [2.05, 4.69) is 22.0 Å². The highest BCUT2D eigenvalue weighted by Crippen LogP contribution is 2.27. The second-order valence-corrected chi connectivity index (χ2v) is 7.97. The largest absolute Gasteiger partial charge is 0.449 e. The lowest BCUT2D eigenvalue weighted by molar-refractivity contribution is -0.130. The molecule has 0 bridgehead atoms. The molecule has 0 aliphatic heterocycles. The number of rotatable bonds is 7. The Morgan fingerprint density at radius 1 is 1.10 bits per heavy atom. The summed E-state index contributed by atoms with van der Waals surface area (Å²) < 4.78 is 5.27. The average Bonchev–Trinajstić information content (AvgIpc) is 2.72. The molecule has 162 valence electrons. The summed E-state index contributed by atoms with van der Waals surface area (Å²) in [5.74, 6) is -1.09. The van der Waals surface area contributed by atoms with Gasteiger partial charge in [0.15, 0.2) is 6.10 Å². The average molecular weight is 415 g/mol. The van der Waals surface area contributed by atoms with Crippen LogP contribution >= 0.6 is 0 Å². The van der Waals surface area contributed by atoms with Crippen molar-refractivity contribution in [3.8, 4) is 6.07 Å². The molecule has 1 saturated carbocycles. The lowest BCUT2D eigenvalue weighted by Crippen LogP contribution is -2.52. The van der Waals surface area contributed by atoms with E-state index in [4.69, 9.17) is 4.74 Å². The first-order valence-electron chi connectivity index (χ1n) is 10.3. The first kappa shape index (κ1) is 23.2. The maximum Gasteiger partial charge on any atom is 0.338 e. The highest BCUT2D eigenvalue weighted by Gasteiger charge is 2.35. The molecule has 3 amide bonds. The first-order chi connectivity index (χ1) is 14.2. The Bertz CT molecular complexity index is 792. The summed E-state index contributed by atoms with van der Waals surface area (Å²) in [4.78, 5) is 36.4. The number of esters is 1. The number of urea groups is 1. The monoisotopic (exact) mass is 414 g/mol. The summed E-state index contributed by atoms with van der Waals surface area (Å²) in [7, 11) is 0. The van der Waals surface area contributed by atoms with Gasteiger partial charge in [0.05, 0.1) is 11.6 Å². The van der Waals surface area contributed by atoms with E-state index in [1.165, 1.54) is 6.92 Å². The molecule has 1 aromatic rings. The second-order valence-electron chi connectivity index (χ2n) is 7.97. The van der Waals surface area contributed by atoms with Crippen LogP contribution in [0.15, 0.2) is 24.3 Å². The van der Waals surface area contributed by atoms with Crippen LogP contribution in [-0.4, -0.2) is 35.6 Å². The van der Waals surface area contributed by atoms with Crippen molar-refractivity contribution in [3.05, 3.63) is 35.4 Å². The Hall–Kier alpha value is -3.08. The van der Waals surface area contributed by atoms with E-state index in [0.29, 0.717) is 24.9 Å². The van der Waals surface area contributed by atoms with Gasteiger partial charge in [-0.25, -0.2) is 9.59 Å². The normalized spacial score (nSPS) is 16.1. The minimum Gasteiger partial charge on any atom is -0.449 e. The zero-order valence-corrected chi connectivity index (χ0v) is 17.8. The predicted molar refractivity (Wildman–Crippen MR) is 111 cm³/mol. The minimum atomic E-state index is -1.01. The molecule has 1 atom stereocenters. The van der Waals surface area contributed by atoms with Gasteiger partial charge in [0.25, 0.3) is 5.91 Å². The van der Waals surface area contributed by atoms with Crippen molar-refractivity contribution in [2.45, 2.75) is 77.1 Å². The van der Waals surface area contributed by atoms with E-state index < -0.39 is 23.5 Å². The zero-order valence-electron chi connectivity index (χ0n) is 17.8. The van der Waals surface area contributed by atoms with Crippen LogP contribution < -0.4 is 16.0 Å². The van der Waals surface area contributed by atoms with Crippen molar-refractivity contribution in [3.63, 3.8) is 0 Å². The SMILES string of the molecule is CC(C)NC(=O)NCc1ccc(C(=O)O[C@@H](C)C(=O)NC2(C#N)CCCCC2)cc1. The number of hydrogen-bond acceptors (Lipinski definition) is 5. The maximum atomic E-state index is 12.4. The van der Waals surface area contributed by atoms with Crippen molar-refractivity contribution in [2.75, 3.05) is 0 Å². The molecule has 0 unspecified atom stereocenters. The van der Waals surface area contributed by atoms with E-state index in [0.717, 1.165) is 24.8 Å². The summed E-state index contributed by atoms with van der Waals surface area (Å²) in [6.07, 6.45) is 3.05. The number of carbonyl (C=O) groups excluding carboxylic acids is 3. The van der Waals surface area contributed by atoms with Crippen LogP contribution in [0.5, 0.6) is 0 Å².